The molecule has 1 amide bonds. The molecule has 0 unspecified atom stereocenters. The Bertz CT molecular complexity index is 601. The van der Waals surface area contributed by atoms with E-state index < -0.39 is 0 Å². The third-order valence-corrected chi connectivity index (χ3v) is 5.11. The van der Waals surface area contributed by atoms with Gasteiger partial charge in [0.15, 0.2) is 0 Å². The predicted molar refractivity (Wildman–Crippen MR) is 97.0 cm³/mol. The van der Waals surface area contributed by atoms with Crippen molar-refractivity contribution in [3.8, 4) is 0 Å². The Balaban J connectivity index is 1.82. The molecule has 138 valence electrons. The van der Waals surface area contributed by atoms with Crippen LogP contribution in [0.25, 0.3) is 0 Å². The number of nitrogens with one attached hydrogen (secondary N) is 1. The lowest BCUT2D eigenvalue weighted by Crippen LogP contribution is -2.29. The topological polar surface area (TPSA) is 70.6 Å². The van der Waals surface area contributed by atoms with Gasteiger partial charge in [0.25, 0.3) is 0 Å². The first-order valence-electron chi connectivity index (χ1n) is 9.12. The minimum absolute atomic E-state index is 0.145. The van der Waals surface area contributed by atoms with Crippen LogP contribution >= 0.6 is 0 Å². The number of carbonyl (C=O) groups excluding carboxylic acids is 1. The first-order valence-corrected chi connectivity index (χ1v) is 9.12. The highest BCUT2D eigenvalue weighted by atomic mass is 16.5. The number of carbonyl (C=O) groups is 1. The molecule has 1 aromatic rings. The van der Waals surface area contributed by atoms with Crippen molar-refractivity contribution in [1.29, 1.82) is 0 Å². The van der Waals surface area contributed by atoms with E-state index in [2.05, 4.69) is 5.32 Å². The number of piperidine rings is 1. The Labute approximate surface area is 149 Å². The summed E-state index contributed by atoms with van der Waals surface area (Å²) < 4.78 is 5.11. The summed E-state index contributed by atoms with van der Waals surface area (Å²) in [5.74, 6) is 2.61. The number of amides is 1. The monoisotopic (exact) mass is 347 g/mol. The first kappa shape index (κ1) is 18.1. The molecule has 3 heterocycles. The largest absolute Gasteiger partial charge is 0.383 e. The van der Waals surface area contributed by atoms with Gasteiger partial charge in [-0.25, -0.2) is 9.97 Å². The van der Waals surface area contributed by atoms with Crippen molar-refractivity contribution in [1.82, 2.24) is 20.2 Å². The van der Waals surface area contributed by atoms with Gasteiger partial charge >= 0.3 is 0 Å². The number of aromatic nitrogens is 2. The molecular weight excluding hydrogens is 318 g/mol. The molecule has 7 nitrogen and oxygen atoms in total. The molecule has 7 heteroatoms. The van der Waals surface area contributed by atoms with Crippen LogP contribution in [0.1, 0.15) is 42.6 Å². The molecule has 25 heavy (non-hydrogen) atoms. The lowest BCUT2D eigenvalue weighted by Gasteiger charge is -2.24. The maximum Gasteiger partial charge on any atom is 0.223 e. The number of likely N-dealkylation sites (tertiary alicyclic amines) is 1. The van der Waals surface area contributed by atoms with Gasteiger partial charge in [-0.15, -0.1) is 0 Å². The van der Waals surface area contributed by atoms with Crippen LogP contribution in [0, 0.1) is 0 Å². The van der Waals surface area contributed by atoms with Gasteiger partial charge in [-0.3, -0.25) is 4.79 Å². The highest BCUT2D eigenvalue weighted by Crippen LogP contribution is 2.31. The number of ether oxygens (including phenoxy) is 1. The second-order valence-corrected chi connectivity index (χ2v) is 7.16. The van der Waals surface area contributed by atoms with Crippen LogP contribution in [0.2, 0.25) is 0 Å². The van der Waals surface area contributed by atoms with Gasteiger partial charge in [0.2, 0.25) is 5.91 Å². The Morgan fingerprint density at radius 2 is 2.04 bits per heavy atom. The molecule has 2 aliphatic heterocycles. The lowest BCUT2D eigenvalue weighted by atomic mass is 9.96. The Kier molecular flexibility index (Phi) is 5.86. The fourth-order valence-corrected chi connectivity index (χ4v) is 3.56. The maximum absolute atomic E-state index is 12.3. The summed E-state index contributed by atoms with van der Waals surface area (Å²) in [6.07, 6.45) is 2.67. The molecule has 0 aliphatic carbocycles. The predicted octanol–water partition coefficient (Wildman–Crippen LogP) is 0.972. The van der Waals surface area contributed by atoms with Gasteiger partial charge in [-0.05, 0) is 25.9 Å². The van der Waals surface area contributed by atoms with Crippen molar-refractivity contribution >= 4 is 11.7 Å². The molecule has 2 saturated heterocycles. The molecule has 0 bridgehead atoms. The van der Waals surface area contributed by atoms with Crippen molar-refractivity contribution in [2.24, 2.45) is 0 Å². The third kappa shape index (κ3) is 4.27. The summed E-state index contributed by atoms with van der Waals surface area (Å²) in [7, 11) is 5.67. The molecule has 2 aliphatic rings. The van der Waals surface area contributed by atoms with Crippen molar-refractivity contribution in [3.05, 3.63) is 17.6 Å². The highest BCUT2D eigenvalue weighted by molar-refractivity contribution is 5.79. The molecular formula is C18H29N5O2. The maximum atomic E-state index is 12.3. The first-order chi connectivity index (χ1) is 12.1. The molecule has 3 rings (SSSR count). The standard InChI is InChI=1S/C18H29N5O2/c1-22(2)16-11-15(14-10-17(24)23(12-14)8-9-25-3)20-18(21-16)13-4-6-19-7-5-13/h11,13-14,19H,4-10,12H2,1-3H3/t14-/m0/s1. The van der Waals surface area contributed by atoms with Crippen LogP contribution in [0.5, 0.6) is 0 Å². The van der Waals surface area contributed by atoms with Crippen molar-refractivity contribution < 1.29 is 9.53 Å². The quantitative estimate of drug-likeness (QED) is 0.827. The van der Waals surface area contributed by atoms with Gasteiger partial charge in [0.05, 0.1) is 12.3 Å². The molecule has 0 aromatic carbocycles. The Hall–Kier alpha value is -1.73. The van der Waals surface area contributed by atoms with Gasteiger partial charge in [-0.1, -0.05) is 0 Å². The summed E-state index contributed by atoms with van der Waals surface area (Å²) >= 11 is 0. The lowest BCUT2D eigenvalue weighted by molar-refractivity contribution is -0.128. The zero-order valence-corrected chi connectivity index (χ0v) is 15.5. The Morgan fingerprint density at radius 3 is 2.72 bits per heavy atom. The van der Waals surface area contributed by atoms with E-state index in [9.17, 15) is 4.79 Å². The molecule has 0 saturated carbocycles. The van der Waals surface area contributed by atoms with Gasteiger partial charge in [0, 0.05) is 58.6 Å². The summed E-state index contributed by atoms with van der Waals surface area (Å²) in [4.78, 5) is 25.9. The fraction of sp³-hybridized carbons (Fsp3) is 0.722. The molecule has 2 fully saturated rings. The SMILES string of the molecule is COCCN1C[C@@H](c2cc(N(C)C)nc(C3CCNCC3)n2)CC1=O. The summed E-state index contributed by atoms with van der Waals surface area (Å²) in [6, 6.07) is 2.04. The van der Waals surface area contributed by atoms with Crippen molar-refractivity contribution in [3.63, 3.8) is 0 Å². The van der Waals surface area contributed by atoms with E-state index in [1.807, 2.05) is 30.0 Å². The third-order valence-electron chi connectivity index (χ3n) is 5.11. The van der Waals surface area contributed by atoms with E-state index >= 15 is 0 Å². The van der Waals surface area contributed by atoms with Crippen LogP contribution in [-0.4, -0.2) is 74.8 Å². The van der Waals surface area contributed by atoms with Gasteiger partial charge < -0.3 is 19.9 Å². The highest BCUT2D eigenvalue weighted by Gasteiger charge is 2.32. The molecule has 1 N–H and O–H groups in total. The minimum Gasteiger partial charge on any atom is -0.383 e. The second-order valence-electron chi connectivity index (χ2n) is 7.16. The van der Waals surface area contributed by atoms with Gasteiger partial charge in [-0.2, -0.15) is 0 Å². The molecule has 0 spiro atoms. The number of anilines is 1. The molecule has 0 radical (unpaired) electrons. The molecule has 1 aromatic heterocycles. The second kappa shape index (κ2) is 8.10. The number of rotatable bonds is 6. The van der Waals surface area contributed by atoms with Crippen molar-refractivity contribution in [2.45, 2.75) is 31.1 Å². The summed E-state index contributed by atoms with van der Waals surface area (Å²) in [5.41, 5.74) is 1.00. The smallest absolute Gasteiger partial charge is 0.223 e. The van der Waals surface area contributed by atoms with E-state index in [1.54, 1.807) is 7.11 Å². The number of methoxy groups -OCH3 is 1. The average molecular weight is 347 g/mol. The fourth-order valence-electron chi connectivity index (χ4n) is 3.56. The van der Waals surface area contributed by atoms with Crippen molar-refractivity contribution in [2.75, 3.05) is 58.9 Å². The van der Waals surface area contributed by atoms with Crippen LogP contribution in [0.15, 0.2) is 6.07 Å². The van der Waals surface area contributed by atoms with E-state index in [0.717, 1.165) is 49.8 Å². The van der Waals surface area contributed by atoms with Crippen LogP contribution < -0.4 is 10.2 Å². The average Bonchev–Trinajstić information content (AvgIpc) is 3.01. The van der Waals surface area contributed by atoms with E-state index in [1.165, 1.54) is 0 Å². The van der Waals surface area contributed by atoms with Crippen LogP contribution in [0.4, 0.5) is 5.82 Å². The van der Waals surface area contributed by atoms with E-state index in [-0.39, 0.29) is 11.8 Å². The molecule has 1 atom stereocenters. The minimum atomic E-state index is 0.145. The van der Waals surface area contributed by atoms with Gasteiger partial charge in [0.1, 0.15) is 11.6 Å². The van der Waals surface area contributed by atoms with E-state index in [0.29, 0.717) is 25.5 Å². The summed E-state index contributed by atoms with van der Waals surface area (Å²) in [6.45, 7) is 3.98. The number of hydrogen-bond acceptors (Lipinski definition) is 6. The van der Waals surface area contributed by atoms with E-state index in [4.69, 9.17) is 14.7 Å². The number of nitrogens with zero attached hydrogens (tertiary/aromatic N) is 4. The summed E-state index contributed by atoms with van der Waals surface area (Å²) in [5, 5.41) is 3.39. The van der Waals surface area contributed by atoms with Crippen LogP contribution in [0.3, 0.4) is 0 Å². The number of hydrogen-bond donors (Lipinski definition) is 1. The van der Waals surface area contributed by atoms with Crippen LogP contribution in [-0.2, 0) is 9.53 Å². The zero-order valence-electron chi connectivity index (χ0n) is 15.5. The zero-order chi connectivity index (χ0) is 17.8. The Morgan fingerprint density at radius 1 is 1.28 bits per heavy atom. The normalized spacial score (nSPS) is 21.8.